The molecule has 0 aliphatic rings. The van der Waals surface area contributed by atoms with Crippen LogP contribution in [0.15, 0.2) is 28.7 Å². The zero-order valence-corrected chi connectivity index (χ0v) is 10.6. The van der Waals surface area contributed by atoms with E-state index in [0.717, 1.165) is 5.75 Å². The summed E-state index contributed by atoms with van der Waals surface area (Å²) in [6.45, 7) is 1.97. The fraction of sp³-hybridized carbons (Fsp3) is 0.385. The second-order valence-corrected chi connectivity index (χ2v) is 5.12. The number of fused-ring (bicyclic) bond motifs is 1. The summed E-state index contributed by atoms with van der Waals surface area (Å²) in [6.07, 6.45) is 1.36. The molecule has 2 unspecified atom stereocenters. The molecule has 4 heteroatoms. The predicted molar refractivity (Wildman–Crippen MR) is 68.7 cm³/mol. The lowest BCUT2D eigenvalue weighted by Crippen LogP contribution is -2.10. The topological polar surface area (TPSA) is 33.4 Å². The molecule has 2 aromatic rings. The van der Waals surface area contributed by atoms with Gasteiger partial charge in [-0.15, -0.1) is 0 Å². The summed E-state index contributed by atoms with van der Waals surface area (Å²) in [5.41, 5.74) is 0.608. The molecule has 0 fully saturated rings. The summed E-state index contributed by atoms with van der Waals surface area (Å²) in [4.78, 5) is 0. The summed E-state index contributed by atoms with van der Waals surface area (Å²) in [7, 11) is 0. The van der Waals surface area contributed by atoms with Gasteiger partial charge in [-0.25, -0.2) is 4.39 Å². The van der Waals surface area contributed by atoms with Crippen LogP contribution in [0.2, 0.25) is 0 Å². The number of aliphatic hydroxyl groups is 1. The van der Waals surface area contributed by atoms with E-state index in [2.05, 4.69) is 0 Å². The highest BCUT2D eigenvalue weighted by molar-refractivity contribution is 7.98. The molecule has 17 heavy (non-hydrogen) atoms. The lowest BCUT2D eigenvalue weighted by atomic mass is 10.0. The van der Waals surface area contributed by atoms with Gasteiger partial charge in [-0.05, 0) is 42.2 Å². The Kier molecular flexibility index (Phi) is 3.74. The molecule has 0 amide bonds. The van der Waals surface area contributed by atoms with Gasteiger partial charge in [-0.3, -0.25) is 0 Å². The summed E-state index contributed by atoms with van der Waals surface area (Å²) < 4.78 is 18.5. The maximum absolute atomic E-state index is 13.0. The Morgan fingerprint density at radius 1 is 1.41 bits per heavy atom. The smallest absolute Gasteiger partial charge is 0.134 e. The van der Waals surface area contributed by atoms with Crippen LogP contribution < -0.4 is 0 Å². The molecule has 2 nitrogen and oxygen atoms in total. The van der Waals surface area contributed by atoms with Gasteiger partial charge in [-0.1, -0.05) is 6.92 Å². The zero-order chi connectivity index (χ0) is 12.4. The zero-order valence-electron chi connectivity index (χ0n) is 9.81. The number of furan rings is 1. The molecule has 1 aromatic carbocycles. The average Bonchev–Trinajstić information content (AvgIpc) is 2.71. The van der Waals surface area contributed by atoms with Crippen molar-refractivity contribution in [3.63, 3.8) is 0 Å². The van der Waals surface area contributed by atoms with Crippen molar-refractivity contribution in [3.05, 3.63) is 35.8 Å². The van der Waals surface area contributed by atoms with Crippen LogP contribution in [0.3, 0.4) is 0 Å². The third-order valence-corrected chi connectivity index (χ3v) is 3.62. The third-order valence-electron chi connectivity index (χ3n) is 2.76. The molecule has 0 aliphatic heterocycles. The summed E-state index contributed by atoms with van der Waals surface area (Å²) in [5.74, 6) is 1.17. The van der Waals surface area contributed by atoms with Gasteiger partial charge in [0.15, 0.2) is 0 Å². The highest BCUT2D eigenvalue weighted by Gasteiger charge is 2.20. The van der Waals surface area contributed by atoms with Crippen LogP contribution in [0.1, 0.15) is 18.8 Å². The van der Waals surface area contributed by atoms with Crippen molar-refractivity contribution in [2.24, 2.45) is 5.92 Å². The number of halogens is 1. The van der Waals surface area contributed by atoms with E-state index in [1.165, 1.54) is 12.1 Å². The van der Waals surface area contributed by atoms with E-state index >= 15 is 0 Å². The Labute approximate surface area is 104 Å². The van der Waals surface area contributed by atoms with Gasteiger partial charge in [-0.2, -0.15) is 11.8 Å². The fourth-order valence-electron chi connectivity index (χ4n) is 1.81. The van der Waals surface area contributed by atoms with Gasteiger partial charge in [0.25, 0.3) is 0 Å². The summed E-state index contributed by atoms with van der Waals surface area (Å²) in [5, 5.41) is 10.8. The normalized spacial score (nSPS) is 15.1. The van der Waals surface area contributed by atoms with Crippen LogP contribution in [0.4, 0.5) is 4.39 Å². The minimum Gasteiger partial charge on any atom is -0.458 e. The number of thioether (sulfide) groups is 1. The summed E-state index contributed by atoms with van der Waals surface area (Å²) >= 11 is 1.68. The molecule has 0 radical (unpaired) electrons. The molecule has 1 heterocycles. The highest BCUT2D eigenvalue weighted by atomic mass is 32.2. The van der Waals surface area contributed by atoms with Crippen molar-refractivity contribution in [2.75, 3.05) is 12.0 Å². The number of aliphatic hydroxyl groups excluding tert-OH is 1. The van der Waals surface area contributed by atoms with Gasteiger partial charge < -0.3 is 9.52 Å². The summed E-state index contributed by atoms with van der Waals surface area (Å²) in [6, 6.07) is 6.06. The quantitative estimate of drug-likeness (QED) is 0.905. The monoisotopic (exact) mass is 254 g/mol. The van der Waals surface area contributed by atoms with E-state index in [9.17, 15) is 9.50 Å². The first-order valence-corrected chi connectivity index (χ1v) is 6.87. The second-order valence-electron chi connectivity index (χ2n) is 4.21. The largest absolute Gasteiger partial charge is 0.458 e. The minimum atomic E-state index is -0.641. The van der Waals surface area contributed by atoms with Crippen molar-refractivity contribution in [2.45, 2.75) is 13.0 Å². The molecular formula is C13H15FO2S. The molecule has 92 valence electrons. The van der Waals surface area contributed by atoms with Gasteiger partial charge in [0.1, 0.15) is 23.3 Å². The molecular weight excluding hydrogens is 239 g/mol. The number of hydrogen-bond acceptors (Lipinski definition) is 3. The van der Waals surface area contributed by atoms with E-state index in [-0.39, 0.29) is 11.7 Å². The molecule has 0 saturated carbocycles. The van der Waals surface area contributed by atoms with Crippen LogP contribution >= 0.6 is 11.8 Å². The Morgan fingerprint density at radius 2 is 2.18 bits per heavy atom. The maximum Gasteiger partial charge on any atom is 0.134 e. The van der Waals surface area contributed by atoms with Gasteiger partial charge in [0.05, 0.1) is 0 Å². The van der Waals surface area contributed by atoms with E-state index in [1.54, 1.807) is 23.9 Å². The Morgan fingerprint density at radius 3 is 2.88 bits per heavy atom. The molecule has 2 rings (SSSR count). The third kappa shape index (κ3) is 2.64. The van der Waals surface area contributed by atoms with E-state index < -0.39 is 6.10 Å². The van der Waals surface area contributed by atoms with E-state index in [1.807, 2.05) is 13.2 Å². The number of hydrogen-bond donors (Lipinski definition) is 1. The first-order valence-electron chi connectivity index (χ1n) is 5.48. The Bertz CT molecular complexity index is 509. The molecule has 0 bridgehead atoms. The average molecular weight is 254 g/mol. The maximum atomic E-state index is 13.0. The standard InChI is InChI=1S/C13H15FO2S/c1-8(7-17-2)13(15)12-6-9-5-10(14)3-4-11(9)16-12/h3-6,8,13,15H,7H2,1-2H3. The predicted octanol–water partition coefficient (Wildman–Crippen LogP) is 3.60. The van der Waals surface area contributed by atoms with Crippen LogP contribution in [0.25, 0.3) is 11.0 Å². The fourth-order valence-corrected chi connectivity index (χ4v) is 2.52. The first kappa shape index (κ1) is 12.5. The van der Waals surface area contributed by atoms with Crippen LogP contribution in [-0.2, 0) is 0 Å². The Hall–Kier alpha value is -1.00. The van der Waals surface area contributed by atoms with Crippen molar-refractivity contribution in [1.29, 1.82) is 0 Å². The lowest BCUT2D eigenvalue weighted by molar-refractivity contribution is 0.107. The molecule has 1 aromatic heterocycles. The van der Waals surface area contributed by atoms with Crippen molar-refractivity contribution in [3.8, 4) is 0 Å². The Balaban J connectivity index is 2.29. The van der Waals surface area contributed by atoms with E-state index in [0.29, 0.717) is 16.7 Å². The van der Waals surface area contributed by atoms with Crippen molar-refractivity contribution >= 4 is 22.7 Å². The van der Waals surface area contributed by atoms with Gasteiger partial charge >= 0.3 is 0 Å². The van der Waals surface area contributed by atoms with Gasteiger partial charge in [0, 0.05) is 5.39 Å². The van der Waals surface area contributed by atoms with Crippen molar-refractivity contribution in [1.82, 2.24) is 0 Å². The molecule has 0 saturated heterocycles. The molecule has 0 spiro atoms. The molecule has 2 atom stereocenters. The highest BCUT2D eigenvalue weighted by Crippen LogP contribution is 2.29. The minimum absolute atomic E-state index is 0.107. The second kappa shape index (κ2) is 5.10. The van der Waals surface area contributed by atoms with Crippen LogP contribution in [0, 0.1) is 11.7 Å². The number of rotatable bonds is 4. The first-order chi connectivity index (χ1) is 8.11. The van der Waals surface area contributed by atoms with Gasteiger partial charge in [0.2, 0.25) is 0 Å². The van der Waals surface area contributed by atoms with Crippen LogP contribution in [-0.4, -0.2) is 17.1 Å². The SMILES string of the molecule is CSCC(C)C(O)c1cc2cc(F)ccc2o1. The van der Waals surface area contributed by atoms with Crippen molar-refractivity contribution < 1.29 is 13.9 Å². The van der Waals surface area contributed by atoms with Crippen LogP contribution in [0.5, 0.6) is 0 Å². The molecule has 1 N–H and O–H groups in total. The van der Waals surface area contributed by atoms with E-state index in [4.69, 9.17) is 4.42 Å². The lowest BCUT2D eigenvalue weighted by Gasteiger charge is -2.14. The molecule has 0 aliphatic carbocycles. The number of benzene rings is 1.